The number of nitrogens with zero attached hydrogens (tertiary/aromatic N) is 1. The van der Waals surface area contributed by atoms with Gasteiger partial charge in [0, 0.05) is 6.42 Å². The summed E-state index contributed by atoms with van der Waals surface area (Å²) in [5, 5.41) is 8.89. The number of para-hydroxylation sites is 1. The molecular formula is C13H15NO2. The lowest BCUT2D eigenvalue weighted by molar-refractivity contribution is -0.134. The van der Waals surface area contributed by atoms with Crippen LogP contribution in [0.2, 0.25) is 0 Å². The normalized spacial score (nSPS) is 9.56. The Morgan fingerprint density at radius 1 is 1.50 bits per heavy atom. The first-order chi connectivity index (χ1) is 7.69. The molecule has 1 aromatic carbocycles. The van der Waals surface area contributed by atoms with Crippen LogP contribution >= 0.6 is 0 Å². The molecule has 0 spiro atoms. The van der Waals surface area contributed by atoms with Crippen LogP contribution in [0.15, 0.2) is 18.2 Å². The molecule has 0 radical (unpaired) electrons. The van der Waals surface area contributed by atoms with Gasteiger partial charge in [0.1, 0.15) is 6.07 Å². The fourth-order valence-corrected chi connectivity index (χ4v) is 1.36. The monoisotopic (exact) mass is 217 g/mol. The van der Waals surface area contributed by atoms with Crippen molar-refractivity contribution in [3.05, 3.63) is 29.3 Å². The minimum absolute atomic E-state index is 0.271. The van der Waals surface area contributed by atoms with Crippen LogP contribution in [-0.4, -0.2) is 5.97 Å². The van der Waals surface area contributed by atoms with Crippen LogP contribution in [0, 0.1) is 18.3 Å². The molecule has 84 valence electrons. The van der Waals surface area contributed by atoms with Crippen molar-refractivity contribution in [2.45, 2.75) is 33.1 Å². The summed E-state index contributed by atoms with van der Waals surface area (Å²) < 4.78 is 5.21. The van der Waals surface area contributed by atoms with E-state index in [1.807, 2.05) is 26.0 Å². The predicted molar refractivity (Wildman–Crippen MR) is 61.1 cm³/mol. The van der Waals surface area contributed by atoms with Crippen LogP contribution < -0.4 is 4.74 Å². The fraction of sp³-hybridized carbons (Fsp3) is 0.385. The number of rotatable bonds is 4. The van der Waals surface area contributed by atoms with Crippen LogP contribution in [0.25, 0.3) is 0 Å². The van der Waals surface area contributed by atoms with Crippen molar-refractivity contribution in [2.24, 2.45) is 0 Å². The van der Waals surface area contributed by atoms with Gasteiger partial charge in [0.2, 0.25) is 0 Å². The first kappa shape index (κ1) is 12.3. The Hall–Kier alpha value is -1.82. The quantitative estimate of drug-likeness (QED) is 0.575. The minimum Gasteiger partial charge on any atom is -0.425 e. The Balaban J connectivity index is 2.80. The summed E-state index contributed by atoms with van der Waals surface area (Å²) in [6.07, 6.45) is 2.16. The first-order valence-corrected chi connectivity index (χ1v) is 5.39. The molecule has 0 amide bonds. The maximum atomic E-state index is 11.5. The second-order valence-corrected chi connectivity index (χ2v) is 3.64. The average molecular weight is 217 g/mol. The zero-order valence-electron chi connectivity index (χ0n) is 9.62. The van der Waals surface area contributed by atoms with Gasteiger partial charge in [0.05, 0.1) is 5.56 Å². The van der Waals surface area contributed by atoms with E-state index in [0.717, 1.165) is 18.4 Å². The number of aryl methyl sites for hydroxylation is 1. The van der Waals surface area contributed by atoms with E-state index in [1.165, 1.54) is 0 Å². The average Bonchev–Trinajstić information content (AvgIpc) is 2.29. The zero-order valence-corrected chi connectivity index (χ0v) is 9.62. The lowest BCUT2D eigenvalue weighted by Gasteiger charge is -2.08. The second kappa shape index (κ2) is 5.92. The third kappa shape index (κ3) is 3.09. The summed E-state index contributed by atoms with van der Waals surface area (Å²) in [6, 6.07) is 7.27. The van der Waals surface area contributed by atoms with Crippen LogP contribution in [0.3, 0.4) is 0 Å². The Kier molecular flexibility index (Phi) is 4.53. The van der Waals surface area contributed by atoms with E-state index in [9.17, 15) is 4.79 Å². The van der Waals surface area contributed by atoms with E-state index >= 15 is 0 Å². The predicted octanol–water partition coefficient (Wildman–Crippen LogP) is 2.96. The molecule has 1 rings (SSSR count). The molecule has 0 heterocycles. The third-order valence-corrected chi connectivity index (χ3v) is 2.28. The largest absolute Gasteiger partial charge is 0.425 e. The SMILES string of the molecule is CCCCC(=O)Oc1c(C)cccc1C#N. The summed E-state index contributed by atoms with van der Waals surface area (Å²) in [4.78, 5) is 11.5. The van der Waals surface area contributed by atoms with Gasteiger partial charge in [-0.3, -0.25) is 4.79 Å². The Morgan fingerprint density at radius 3 is 2.88 bits per heavy atom. The molecule has 0 fully saturated rings. The number of carbonyl (C=O) groups is 1. The highest BCUT2D eigenvalue weighted by atomic mass is 16.5. The Bertz CT molecular complexity index is 418. The second-order valence-electron chi connectivity index (χ2n) is 3.64. The van der Waals surface area contributed by atoms with E-state index in [0.29, 0.717) is 17.7 Å². The van der Waals surface area contributed by atoms with E-state index < -0.39 is 0 Å². The molecule has 0 aliphatic heterocycles. The van der Waals surface area contributed by atoms with Crippen molar-refractivity contribution >= 4 is 5.97 Å². The van der Waals surface area contributed by atoms with Crippen LogP contribution in [-0.2, 0) is 4.79 Å². The maximum absolute atomic E-state index is 11.5. The van der Waals surface area contributed by atoms with Crippen molar-refractivity contribution in [1.29, 1.82) is 5.26 Å². The molecule has 0 unspecified atom stereocenters. The van der Waals surface area contributed by atoms with Crippen molar-refractivity contribution in [1.82, 2.24) is 0 Å². The summed E-state index contributed by atoms with van der Waals surface area (Å²) in [5.41, 5.74) is 1.22. The highest BCUT2D eigenvalue weighted by molar-refractivity contribution is 5.73. The van der Waals surface area contributed by atoms with Crippen LogP contribution in [0.4, 0.5) is 0 Å². The first-order valence-electron chi connectivity index (χ1n) is 5.39. The van der Waals surface area contributed by atoms with Gasteiger partial charge in [-0.25, -0.2) is 0 Å². The van der Waals surface area contributed by atoms with Gasteiger partial charge in [-0.05, 0) is 25.0 Å². The summed E-state index contributed by atoms with van der Waals surface area (Å²) in [6.45, 7) is 3.84. The summed E-state index contributed by atoms with van der Waals surface area (Å²) in [5.74, 6) is 0.124. The lowest BCUT2D eigenvalue weighted by Crippen LogP contribution is -2.09. The summed E-state index contributed by atoms with van der Waals surface area (Å²) >= 11 is 0. The zero-order chi connectivity index (χ0) is 12.0. The standard InChI is InChI=1S/C13H15NO2/c1-3-4-8-12(15)16-13-10(2)6-5-7-11(13)9-14/h5-7H,3-4,8H2,1-2H3. The fourth-order valence-electron chi connectivity index (χ4n) is 1.36. The van der Waals surface area contributed by atoms with E-state index in [-0.39, 0.29) is 5.97 Å². The molecule has 16 heavy (non-hydrogen) atoms. The van der Waals surface area contributed by atoms with Gasteiger partial charge in [-0.1, -0.05) is 25.5 Å². The number of unbranched alkanes of at least 4 members (excludes halogenated alkanes) is 1. The molecule has 0 saturated carbocycles. The summed E-state index contributed by atoms with van der Waals surface area (Å²) in [7, 11) is 0. The number of carbonyl (C=O) groups excluding carboxylic acids is 1. The van der Waals surface area contributed by atoms with E-state index in [2.05, 4.69) is 0 Å². The molecule has 0 aliphatic carbocycles. The molecule has 0 aliphatic rings. The molecule has 0 saturated heterocycles. The highest BCUT2D eigenvalue weighted by Gasteiger charge is 2.11. The minimum atomic E-state index is -0.271. The van der Waals surface area contributed by atoms with Crippen molar-refractivity contribution in [3.63, 3.8) is 0 Å². The molecular weight excluding hydrogens is 202 g/mol. The van der Waals surface area contributed by atoms with Crippen molar-refractivity contribution < 1.29 is 9.53 Å². The van der Waals surface area contributed by atoms with Crippen molar-refractivity contribution in [2.75, 3.05) is 0 Å². The number of ether oxygens (including phenoxy) is 1. The van der Waals surface area contributed by atoms with E-state index in [1.54, 1.807) is 12.1 Å². The van der Waals surface area contributed by atoms with Crippen LogP contribution in [0.1, 0.15) is 37.3 Å². The van der Waals surface area contributed by atoms with Gasteiger partial charge in [-0.2, -0.15) is 5.26 Å². The molecule has 3 heteroatoms. The number of hydrogen-bond donors (Lipinski definition) is 0. The molecule has 0 aromatic heterocycles. The Labute approximate surface area is 95.7 Å². The van der Waals surface area contributed by atoms with E-state index in [4.69, 9.17) is 10.00 Å². The molecule has 1 aromatic rings. The van der Waals surface area contributed by atoms with Crippen LogP contribution in [0.5, 0.6) is 5.75 Å². The maximum Gasteiger partial charge on any atom is 0.311 e. The smallest absolute Gasteiger partial charge is 0.311 e. The molecule has 0 atom stereocenters. The van der Waals surface area contributed by atoms with Gasteiger partial charge in [0.15, 0.2) is 5.75 Å². The topological polar surface area (TPSA) is 50.1 Å². The Morgan fingerprint density at radius 2 is 2.25 bits per heavy atom. The van der Waals surface area contributed by atoms with Gasteiger partial charge in [0.25, 0.3) is 0 Å². The number of nitriles is 1. The third-order valence-electron chi connectivity index (χ3n) is 2.28. The number of esters is 1. The molecule has 3 nitrogen and oxygen atoms in total. The molecule has 0 bridgehead atoms. The van der Waals surface area contributed by atoms with Gasteiger partial charge < -0.3 is 4.74 Å². The van der Waals surface area contributed by atoms with Gasteiger partial charge in [-0.15, -0.1) is 0 Å². The lowest BCUT2D eigenvalue weighted by atomic mass is 10.1. The number of benzene rings is 1. The van der Waals surface area contributed by atoms with Crippen molar-refractivity contribution in [3.8, 4) is 11.8 Å². The molecule has 0 N–H and O–H groups in total. The highest BCUT2D eigenvalue weighted by Crippen LogP contribution is 2.23. The van der Waals surface area contributed by atoms with Gasteiger partial charge >= 0.3 is 5.97 Å². The number of hydrogen-bond acceptors (Lipinski definition) is 3.